The summed E-state index contributed by atoms with van der Waals surface area (Å²) in [5.74, 6) is -0.117. The molecule has 0 spiro atoms. The lowest BCUT2D eigenvalue weighted by Crippen LogP contribution is -1.98. The third-order valence-corrected chi connectivity index (χ3v) is 1.63. The maximum Gasteiger partial charge on any atom is 0.303 e. The topological polar surface area (TPSA) is 63.3 Å². The predicted molar refractivity (Wildman–Crippen MR) is 41.8 cm³/mol. The Balaban J connectivity index is 2.56. The van der Waals surface area contributed by atoms with Crippen LogP contribution in [0, 0.1) is 0 Å². The van der Waals surface area contributed by atoms with Crippen LogP contribution in [0.4, 0.5) is 0 Å². The van der Waals surface area contributed by atoms with Gasteiger partial charge in [0.25, 0.3) is 0 Å². The van der Waals surface area contributed by atoms with Gasteiger partial charge in [0, 0.05) is 6.42 Å². The first kappa shape index (κ1) is 8.77. The Bertz CT molecular complexity index is 267. The fraction of sp³-hybridized carbons (Fsp3) is 0.500. The highest BCUT2D eigenvalue weighted by atomic mass is 16.4. The summed E-state index contributed by atoms with van der Waals surface area (Å²) in [4.78, 5) is 14.2. The number of carboxylic acid groups (broad SMARTS) is 1. The van der Waals surface area contributed by atoms with Gasteiger partial charge in [-0.15, -0.1) is 0 Å². The number of oxazole rings is 1. The smallest absolute Gasteiger partial charge is 0.303 e. The third kappa shape index (κ3) is 2.08. The van der Waals surface area contributed by atoms with Crippen molar-refractivity contribution in [3.05, 3.63) is 17.8 Å². The molecule has 0 saturated heterocycles. The molecule has 0 aliphatic heterocycles. The number of hydrogen-bond donors (Lipinski definition) is 1. The monoisotopic (exact) mass is 169 g/mol. The molecule has 0 aromatic carbocycles. The fourth-order valence-corrected chi connectivity index (χ4v) is 1.01. The van der Waals surface area contributed by atoms with E-state index in [9.17, 15) is 4.79 Å². The number of nitrogens with zero attached hydrogens (tertiary/aromatic N) is 1. The van der Waals surface area contributed by atoms with Crippen molar-refractivity contribution < 1.29 is 14.3 Å². The molecule has 0 bridgehead atoms. The molecule has 1 N–H and O–H groups in total. The van der Waals surface area contributed by atoms with E-state index < -0.39 is 5.97 Å². The van der Waals surface area contributed by atoms with Crippen LogP contribution in [0.3, 0.4) is 0 Å². The summed E-state index contributed by atoms with van der Waals surface area (Å²) in [6.07, 6.45) is 2.67. The highest BCUT2D eigenvalue weighted by molar-refractivity contribution is 5.66. The van der Waals surface area contributed by atoms with Crippen LogP contribution in [0.25, 0.3) is 0 Å². The quantitative estimate of drug-likeness (QED) is 0.736. The Morgan fingerprint density at radius 3 is 3.08 bits per heavy atom. The highest BCUT2D eigenvalue weighted by Gasteiger charge is 2.07. The van der Waals surface area contributed by atoms with Crippen molar-refractivity contribution in [1.29, 1.82) is 0 Å². The molecule has 0 unspecified atom stereocenters. The first-order valence-corrected chi connectivity index (χ1v) is 3.87. The van der Waals surface area contributed by atoms with Gasteiger partial charge in [-0.3, -0.25) is 4.79 Å². The second kappa shape index (κ2) is 3.90. The molecule has 4 heteroatoms. The van der Waals surface area contributed by atoms with Gasteiger partial charge in [0.15, 0.2) is 6.39 Å². The van der Waals surface area contributed by atoms with E-state index in [0.29, 0.717) is 12.2 Å². The summed E-state index contributed by atoms with van der Waals surface area (Å²) in [6.45, 7) is 1.96. The number of rotatable bonds is 4. The zero-order valence-corrected chi connectivity index (χ0v) is 6.91. The normalized spacial score (nSPS) is 10.1. The van der Waals surface area contributed by atoms with Crippen molar-refractivity contribution in [2.75, 3.05) is 0 Å². The van der Waals surface area contributed by atoms with Crippen LogP contribution < -0.4 is 0 Å². The molecular weight excluding hydrogens is 158 g/mol. The largest absolute Gasteiger partial charge is 0.481 e. The summed E-state index contributed by atoms with van der Waals surface area (Å²) in [5.41, 5.74) is 0.858. The maximum absolute atomic E-state index is 10.2. The van der Waals surface area contributed by atoms with Gasteiger partial charge in [0.2, 0.25) is 0 Å². The van der Waals surface area contributed by atoms with Gasteiger partial charge < -0.3 is 9.52 Å². The van der Waals surface area contributed by atoms with E-state index in [1.807, 2.05) is 6.92 Å². The SMILES string of the molecule is CCc1ncoc1CCC(=O)O. The molecule has 12 heavy (non-hydrogen) atoms. The summed E-state index contributed by atoms with van der Waals surface area (Å²) < 4.78 is 5.03. The minimum absolute atomic E-state index is 0.0994. The molecule has 66 valence electrons. The second-order valence-corrected chi connectivity index (χ2v) is 2.47. The Morgan fingerprint density at radius 2 is 2.50 bits per heavy atom. The molecule has 0 atom stereocenters. The molecule has 1 rings (SSSR count). The van der Waals surface area contributed by atoms with E-state index in [-0.39, 0.29) is 6.42 Å². The third-order valence-electron chi connectivity index (χ3n) is 1.63. The van der Waals surface area contributed by atoms with E-state index in [0.717, 1.165) is 12.1 Å². The summed E-state index contributed by atoms with van der Waals surface area (Å²) in [7, 11) is 0. The van der Waals surface area contributed by atoms with Crippen LogP contribution in [-0.4, -0.2) is 16.1 Å². The summed E-state index contributed by atoms with van der Waals surface area (Å²) in [6, 6.07) is 0. The number of aliphatic carboxylic acids is 1. The molecular formula is C8H11NO3. The van der Waals surface area contributed by atoms with E-state index >= 15 is 0 Å². The van der Waals surface area contributed by atoms with Crippen molar-refractivity contribution in [2.24, 2.45) is 0 Å². The Labute approximate surface area is 70.2 Å². The van der Waals surface area contributed by atoms with E-state index in [4.69, 9.17) is 9.52 Å². The van der Waals surface area contributed by atoms with Crippen LogP contribution in [-0.2, 0) is 17.6 Å². The standard InChI is InChI=1S/C8H11NO3/c1-2-6-7(12-5-9-6)3-4-8(10)11/h5H,2-4H2,1H3,(H,10,11). The Hall–Kier alpha value is -1.32. The van der Waals surface area contributed by atoms with Gasteiger partial charge in [-0.25, -0.2) is 4.98 Å². The first-order chi connectivity index (χ1) is 5.74. The molecule has 0 fully saturated rings. The molecule has 1 aromatic rings. The Kier molecular flexibility index (Phi) is 2.85. The van der Waals surface area contributed by atoms with Crippen LogP contribution >= 0.6 is 0 Å². The number of carboxylic acids is 1. The molecule has 1 aromatic heterocycles. The summed E-state index contributed by atoms with van der Waals surface area (Å²) >= 11 is 0. The molecule has 0 aliphatic carbocycles. The van der Waals surface area contributed by atoms with Gasteiger partial charge in [-0.1, -0.05) is 6.92 Å². The number of aromatic nitrogens is 1. The lowest BCUT2D eigenvalue weighted by molar-refractivity contribution is -0.137. The van der Waals surface area contributed by atoms with Crippen LogP contribution in [0.2, 0.25) is 0 Å². The zero-order valence-electron chi connectivity index (χ0n) is 6.91. The van der Waals surface area contributed by atoms with E-state index in [1.165, 1.54) is 6.39 Å². The maximum atomic E-state index is 10.2. The van der Waals surface area contributed by atoms with E-state index in [1.54, 1.807) is 0 Å². The lowest BCUT2D eigenvalue weighted by atomic mass is 10.2. The van der Waals surface area contributed by atoms with Crippen molar-refractivity contribution in [3.63, 3.8) is 0 Å². The minimum Gasteiger partial charge on any atom is -0.481 e. The first-order valence-electron chi connectivity index (χ1n) is 3.87. The van der Waals surface area contributed by atoms with Gasteiger partial charge in [0.1, 0.15) is 5.76 Å². The van der Waals surface area contributed by atoms with Crippen molar-refractivity contribution in [3.8, 4) is 0 Å². The van der Waals surface area contributed by atoms with Crippen molar-refractivity contribution in [1.82, 2.24) is 4.98 Å². The zero-order chi connectivity index (χ0) is 8.97. The molecule has 0 aliphatic rings. The van der Waals surface area contributed by atoms with Crippen molar-refractivity contribution in [2.45, 2.75) is 26.2 Å². The number of aryl methyl sites for hydroxylation is 2. The molecule has 4 nitrogen and oxygen atoms in total. The predicted octanol–water partition coefficient (Wildman–Crippen LogP) is 1.25. The van der Waals surface area contributed by atoms with Gasteiger partial charge >= 0.3 is 5.97 Å². The van der Waals surface area contributed by atoms with Gasteiger partial charge in [-0.2, -0.15) is 0 Å². The number of carbonyl (C=O) groups is 1. The van der Waals surface area contributed by atoms with Crippen molar-refractivity contribution >= 4 is 5.97 Å². The van der Waals surface area contributed by atoms with Gasteiger partial charge in [0.05, 0.1) is 12.1 Å². The van der Waals surface area contributed by atoms with Gasteiger partial charge in [-0.05, 0) is 6.42 Å². The second-order valence-electron chi connectivity index (χ2n) is 2.47. The minimum atomic E-state index is -0.812. The summed E-state index contributed by atoms with van der Waals surface area (Å²) in [5, 5.41) is 8.41. The Morgan fingerprint density at radius 1 is 1.75 bits per heavy atom. The average molecular weight is 169 g/mol. The fourth-order valence-electron chi connectivity index (χ4n) is 1.01. The van der Waals surface area contributed by atoms with Crippen LogP contribution in [0.5, 0.6) is 0 Å². The highest BCUT2D eigenvalue weighted by Crippen LogP contribution is 2.09. The van der Waals surface area contributed by atoms with E-state index in [2.05, 4.69) is 4.98 Å². The van der Waals surface area contributed by atoms with Crippen LogP contribution in [0.15, 0.2) is 10.8 Å². The molecule has 0 radical (unpaired) electrons. The van der Waals surface area contributed by atoms with Crippen LogP contribution in [0.1, 0.15) is 24.8 Å². The average Bonchev–Trinajstić information content (AvgIpc) is 2.47. The molecule has 1 heterocycles. The molecule has 0 saturated carbocycles. The molecule has 0 amide bonds. The lowest BCUT2D eigenvalue weighted by Gasteiger charge is -1.94. The number of hydrogen-bond acceptors (Lipinski definition) is 3.